The van der Waals surface area contributed by atoms with Crippen molar-refractivity contribution in [2.24, 2.45) is 5.92 Å². The quantitative estimate of drug-likeness (QED) is 0.653. The van der Waals surface area contributed by atoms with Gasteiger partial charge < -0.3 is 15.7 Å². The number of hydrogen-bond acceptors (Lipinski definition) is 4. The van der Waals surface area contributed by atoms with Crippen LogP contribution in [0.5, 0.6) is 0 Å². The standard InChI is InChI=1S/C14H23F2N3O/c1-3-6-17-13-11(15)8-12(16)14(19-13)18-9-10(4-2)5-7-20/h8,10,20H,3-7,9H2,1-2H3,(H2,17,18,19). The predicted octanol–water partition coefficient (Wildman–Crippen LogP) is 3.00. The molecular formula is C14H23F2N3O. The molecule has 1 heterocycles. The predicted molar refractivity (Wildman–Crippen MR) is 76.9 cm³/mol. The van der Waals surface area contributed by atoms with Gasteiger partial charge in [0.25, 0.3) is 0 Å². The Kier molecular flexibility index (Phi) is 7.22. The molecule has 1 aromatic heterocycles. The van der Waals surface area contributed by atoms with Crippen LogP contribution in [0.2, 0.25) is 0 Å². The van der Waals surface area contributed by atoms with Crippen LogP contribution in [0.3, 0.4) is 0 Å². The second-order valence-electron chi connectivity index (χ2n) is 4.74. The van der Waals surface area contributed by atoms with Crippen molar-refractivity contribution in [1.82, 2.24) is 4.98 Å². The van der Waals surface area contributed by atoms with Gasteiger partial charge in [0.15, 0.2) is 23.3 Å². The molecule has 0 amide bonds. The molecule has 0 saturated carbocycles. The number of rotatable bonds is 9. The molecule has 0 aliphatic heterocycles. The highest BCUT2D eigenvalue weighted by Crippen LogP contribution is 2.20. The summed E-state index contributed by atoms with van der Waals surface area (Å²) in [6, 6.07) is 0.834. The fourth-order valence-corrected chi connectivity index (χ4v) is 1.83. The molecule has 1 aromatic rings. The molecule has 4 nitrogen and oxygen atoms in total. The smallest absolute Gasteiger partial charge is 0.168 e. The third kappa shape index (κ3) is 4.92. The number of anilines is 2. The Hall–Kier alpha value is -1.43. The average molecular weight is 287 g/mol. The molecule has 3 N–H and O–H groups in total. The van der Waals surface area contributed by atoms with Crippen molar-refractivity contribution in [1.29, 1.82) is 0 Å². The second-order valence-corrected chi connectivity index (χ2v) is 4.74. The lowest BCUT2D eigenvalue weighted by molar-refractivity contribution is 0.258. The van der Waals surface area contributed by atoms with Gasteiger partial charge in [-0.1, -0.05) is 20.3 Å². The summed E-state index contributed by atoms with van der Waals surface area (Å²) >= 11 is 0. The molecule has 1 rings (SSSR count). The van der Waals surface area contributed by atoms with Crippen molar-refractivity contribution in [2.75, 3.05) is 30.3 Å². The Balaban J connectivity index is 2.73. The lowest BCUT2D eigenvalue weighted by Gasteiger charge is -2.16. The molecule has 1 atom stereocenters. The van der Waals surface area contributed by atoms with E-state index >= 15 is 0 Å². The fourth-order valence-electron chi connectivity index (χ4n) is 1.83. The number of pyridine rings is 1. The van der Waals surface area contributed by atoms with Crippen molar-refractivity contribution in [3.8, 4) is 0 Å². The first-order valence-corrected chi connectivity index (χ1v) is 7.06. The van der Waals surface area contributed by atoms with Gasteiger partial charge in [-0.3, -0.25) is 0 Å². The van der Waals surface area contributed by atoms with E-state index in [0.717, 1.165) is 18.9 Å². The highest BCUT2D eigenvalue weighted by molar-refractivity contribution is 5.47. The topological polar surface area (TPSA) is 57.2 Å². The number of aliphatic hydroxyl groups excluding tert-OH is 1. The maximum Gasteiger partial charge on any atom is 0.168 e. The van der Waals surface area contributed by atoms with E-state index < -0.39 is 11.6 Å². The van der Waals surface area contributed by atoms with Crippen LogP contribution in [0, 0.1) is 17.6 Å². The average Bonchev–Trinajstić information content (AvgIpc) is 2.43. The van der Waals surface area contributed by atoms with Crippen LogP contribution in [0.15, 0.2) is 6.07 Å². The van der Waals surface area contributed by atoms with Crippen LogP contribution in [-0.2, 0) is 0 Å². The zero-order valence-corrected chi connectivity index (χ0v) is 12.0. The Labute approximate surface area is 118 Å². The summed E-state index contributed by atoms with van der Waals surface area (Å²) in [6.07, 6.45) is 2.35. The number of aliphatic hydroxyl groups is 1. The van der Waals surface area contributed by atoms with E-state index in [2.05, 4.69) is 15.6 Å². The lowest BCUT2D eigenvalue weighted by atomic mass is 10.0. The number of nitrogens with one attached hydrogen (secondary N) is 2. The lowest BCUT2D eigenvalue weighted by Crippen LogP contribution is -2.17. The summed E-state index contributed by atoms with van der Waals surface area (Å²) in [6.45, 7) is 5.14. The molecule has 20 heavy (non-hydrogen) atoms. The SMILES string of the molecule is CCCNc1nc(NCC(CC)CCO)c(F)cc1F. The number of nitrogens with zero attached hydrogens (tertiary/aromatic N) is 1. The van der Waals surface area contributed by atoms with E-state index in [9.17, 15) is 8.78 Å². The Morgan fingerprint density at radius 1 is 1.20 bits per heavy atom. The van der Waals surface area contributed by atoms with E-state index in [0.29, 0.717) is 19.5 Å². The minimum absolute atomic E-state index is 0.0430. The van der Waals surface area contributed by atoms with Crippen LogP contribution in [-0.4, -0.2) is 29.8 Å². The summed E-state index contributed by atoms with van der Waals surface area (Å²) in [4.78, 5) is 3.94. The van der Waals surface area contributed by atoms with Gasteiger partial charge in [0.1, 0.15) is 0 Å². The fraction of sp³-hybridized carbons (Fsp3) is 0.643. The molecule has 0 bridgehead atoms. The van der Waals surface area contributed by atoms with E-state index in [1.807, 2.05) is 13.8 Å². The summed E-state index contributed by atoms with van der Waals surface area (Å²) in [5.74, 6) is -1.06. The van der Waals surface area contributed by atoms with Crippen LogP contribution in [0.4, 0.5) is 20.4 Å². The van der Waals surface area contributed by atoms with Crippen LogP contribution in [0.25, 0.3) is 0 Å². The molecule has 0 saturated heterocycles. The molecule has 114 valence electrons. The summed E-state index contributed by atoms with van der Waals surface area (Å²) in [5.41, 5.74) is 0. The van der Waals surface area contributed by atoms with Crippen molar-refractivity contribution >= 4 is 11.6 Å². The van der Waals surface area contributed by atoms with Gasteiger partial charge in [0.2, 0.25) is 0 Å². The Bertz CT molecular complexity index is 416. The molecule has 1 unspecified atom stereocenters. The molecule has 6 heteroatoms. The first-order valence-electron chi connectivity index (χ1n) is 7.06. The molecule has 0 radical (unpaired) electrons. The minimum Gasteiger partial charge on any atom is -0.396 e. The van der Waals surface area contributed by atoms with Crippen LogP contribution >= 0.6 is 0 Å². The highest BCUT2D eigenvalue weighted by Gasteiger charge is 2.13. The zero-order chi connectivity index (χ0) is 15.0. The molecule has 0 aliphatic carbocycles. The van der Waals surface area contributed by atoms with E-state index in [-0.39, 0.29) is 24.2 Å². The maximum atomic E-state index is 13.7. The van der Waals surface area contributed by atoms with Crippen molar-refractivity contribution in [3.63, 3.8) is 0 Å². The maximum absolute atomic E-state index is 13.7. The van der Waals surface area contributed by atoms with Gasteiger partial charge in [-0.15, -0.1) is 0 Å². The van der Waals surface area contributed by atoms with Gasteiger partial charge in [-0.05, 0) is 18.8 Å². The van der Waals surface area contributed by atoms with Gasteiger partial charge in [0, 0.05) is 25.8 Å². The Morgan fingerprint density at radius 3 is 2.40 bits per heavy atom. The van der Waals surface area contributed by atoms with E-state index in [1.54, 1.807) is 0 Å². The first kappa shape index (κ1) is 16.6. The van der Waals surface area contributed by atoms with E-state index in [4.69, 9.17) is 5.11 Å². The molecule has 0 spiro atoms. The number of halogens is 2. The van der Waals surface area contributed by atoms with Gasteiger partial charge in [0.05, 0.1) is 0 Å². The van der Waals surface area contributed by atoms with Crippen molar-refractivity contribution in [2.45, 2.75) is 33.1 Å². The zero-order valence-electron chi connectivity index (χ0n) is 12.0. The van der Waals surface area contributed by atoms with Gasteiger partial charge in [-0.25, -0.2) is 13.8 Å². The minimum atomic E-state index is -0.705. The molecule has 0 aromatic carbocycles. The summed E-state index contributed by atoms with van der Waals surface area (Å²) in [7, 11) is 0. The number of hydrogen-bond donors (Lipinski definition) is 3. The molecule has 0 aliphatic rings. The first-order chi connectivity index (χ1) is 9.62. The monoisotopic (exact) mass is 287 g/mol. The third-order valence-electron chi connectivity index (χ3n) is 3.14. The highest BCUT2D eigenvalue weighted by atomic mass is 19.1. The third-order valence-corrected chi connectivity index (χ3v) is 3.14. The van der Waals surface area contributed by atoms with E-state index in [1.165, 1.54) is 0 Å². The van der Waals surface area contributed by atoms with Crippen LogP contribution in [0.1, 0.15) is 33.1 Å². The summed E-state index contributed by atoms with van der Waals surface area (Å²) in [5, 5.41) is 14.6. The Morgan fingerprint density at radius 2 is 1.85 bits per heavy atom. The molecular weight excluding hydrogens is 264 g/mol. The van der Waals surface area contributed by atoms with Crippen molar-refractivity contribution < 1.29 is 13.9 Å². The van der Waals surface area contributed by atoms with Crippen LogP contribution < -0.4 is 10.6 Å². The van der Waals surface area contributed by atoms with Crippen molar-refractivity contribution in [3.05, 3.63) is 17.7 Å². The van der Waals surface area contributed by atoms with Gasteiger partial charge in [-0.2, -0.15) is 0 Å². The van der Waals surface area contributed by atoms with Gasteiger partial charge >= 0.3 is 0 Å². The number of aromatic nitrogens is 1. The summed E-state index contributed by atoms with van der Waals surface area (Å²) < 4.78 is 27.2. The normalized spacial score (nSPS) is 12.2. The largest absolute Gasteiger partial charge is 0.396 e. The second kappa shape index (κ2) is 8.68. The molecule has 0 fully saturated rings.